The SMILES string of the molecule is CC(C)[CH2][Sn+]([CH3])[CH3]. The van der Waals surface area contributed by atoms with E-state index in [1.165, 1.54) is 0 Å². The monoisotopic (exact) mass is 207 g/mol. The van der Waals surface area contributed by atoms with E-state index in [-0.39, 0.29) is 0 Å². The van der Waals surface area contributed by atoms with Gasteiger partial charge >= 0.3 is 53.8 Å². The van der Waals surface area contributed by atoms with Crippen LogP contribution >= 0.6 is 0 Å². The minimum atomic E-state index is -0.687. The summed E-state index contributed by atoms with van der Waals surface area (Å²) in [6.45, 7) is 4.63. The Labute approximate surface area is 54.0 Å². The first-order valence-corrected chi connectivity index (χ1v) is 10.6. The van der Waals surface area contributed by atoms with Crippen LogP contribution in [0.15, 0.2) is 0 Å². The maximum atomic E-state index is 2.46. The van der Waals surface area contributed by atoms with Gasteiger partial charge in [-0.3, -0.25) is 0 Å². The molecule has 0 aliphatic rings. The summed E-state index contributed by atoms with van der Waals surface area (Å²) in [6, 6.07) is 0. The third kappa shape index (κ3) is 6.80. The van der Waals surface area contributed by atoms with Crippen molar-refractivity contribution in [2.75, 3.05) is 0 Å². The Morgan fingerprint density at radius 1 is 1.29 bits per heavy atom. The van der Waals surface area contributed by atoms with Gasteiger partial charge in [-0.25, -0.2) is 0 Å². The molecule has 42 valence electrons. The van der Waals surface area contributed by atoms with Crippen molar-refractivity contribution >= 4 is 19.8 Å². The van der Waals surface area contributed by atoms with Crippen LogP contribution in [0.5, 0.6) is 0 Å². The third-order valence-corrected chi connectivity index (χ3v) is 5.48. The van der Waals surface area contributed by atoms with Gasteiger partial charge in [-0.15, -0.1) is 0 Å². The van der Waals surface area contributed by atoms with Gasteiger partial charge in [0.1, 0.15) is 0 Å². The van der Waals surface area contributed by atoms with Gasteiger partial charge in [-0.2, -0.15) is 0 Å². The molecule has 7 heavy (non-hydrogen) atoms. The van der Waals surface area contributed by atoms with Crippen molar-refractivity contribution in [2.45, 2.75) is 28.2 Å². The molecule has 0 aliphatic heterocycles. The number of rotatable bonds is 2. The van der Waals surface area contributed by atoms with Crippen LogP contribution < -0.4 is 0 Å². The molecule has 0 unspecified atom stereocenters. The fourth-order valence-electron chi connectivity index (χ4n) is 0.816. The average molecular weight is 206 g/mol. The van der Waals surface area contributed by atoms with E-state index in [2.05, 4.69) is 23.7 Å². The van der Waals surface area contributed by atoms with E-state index in [1.54, 1.807) is 4.44 Å². The van der Waals surface area contributed by atoms with Crippen molar-refractivity contribution in [1.82, 2.24) is 0 Å². The molecule has 0 rings (SSSR count). The molecule has 0 radical (unpaired) electrons. The van der Waals surface area contributed by atoms with Gasteiger partial charge in [0, 0.05) is 0 Å². The summed E-state index contributed by atoms with van der Waals surface area (Å²) in [6.07, 6.45) is 0. The predicted octanol–water partition coefficient (Wildman–Crippen LogP) is 2.40. The van der Waals surface area contributed by atoms with Crippen LogP contribution in [0.1, 0.15) is 13.8 Å². The molecule has 1 heteroatoms. The van der Waals surface area contributed by atoms with Crippen molar-refractivity contribution in [1.29, 1.82) is 0 Å². The first kappa shape index (κ1) is 7.80. The molecule has 0 aromatic rings. The van der Waals surface area contributed by atoms with Crippen LogP contribution in [0.4, 0.5) is 0 Å². The summed E-state index contributed by atoms with van der Waals surface area (Å²) >= 11 is -0.687. The van der Waals surface area contributed by atoms with Gasteiger partial charge in [0.05, 0.1) is 0 Å². The summed E-state index contributed by atoms with van der Waals surface area (Å²) in [4.78, 5) is 4.92. The zero-order chi connectivity index (χ0) is 5.86. The molecule has 0 saturated carbocycles. The first-order valence-electron chi connectivity index (χ1n) is 2.92. The zero-order valence-corrected chi connectivity index (χ0v) is 8.64. The van der Waals surface area contributed by atoms with Crippen molar-refractivity contribution < 1.29 is 0 Å². The Hall–Kier alpha value is 0.799. The van der Waals surface area contributed by atoms with Crippen LogP contribution in [-0.2, 0) is 0 Å². The molecule has 0 aromatic heterocycles. The summed E-state index contributed by atoms with van der Waals surface area (Å²) in [5.41, 5.74) is 0. The van der Waals surface area contributed by atoms with E-state index in [4.69, 9.17) is 0 Å². The van der Waals surface area contributed by atoms with Crippen molar-refractivity contribution in [3.05, 3.63) is 0 Å². The molecule has 0 amide bonds. The molecule has 0 bridgehead atoms. The Bertz CT molecular complexity index is 33.4. The van der Waals surface area contributed by atoms with Crippen molar-refractivity contribution in [3.8, 4) is 0 Å². The minimum absolute atomic E-state index is 0.687. The summed E-state index contributed by atoms with van der Waals surface area (Å²) in [7, 11) is 0. The number of hydrogen-bond donors (Lipinski definition) is 0. The second-order valence-electron chi connectivity index (χ2n) is 2.81. The average Bonchev–Trinajstić information content (AvgIpc) is 1.27. The summed E-state index contributed by atoms with van der Waals surface area (Å²) in [5, 5.41) is 0. The van der Waals surface area contributed by atoms with Crippen LogP contribution in [0.2, 0.25) is 14.3 Å². The van der Waals surface area contributed by atoms with E-state index in [0.717, 1.165) is 5.92 Å². The molecule has 0 N–H and O–H groups in total. The van der Waals surface area contributed by atoms with Crippen LogP contribution in [0, 0.1) is 5.92 Å². The van der Waals surface area contributed by atoms with Gasteiger partial charge in [0.15, 0.2) is 0 Å². The molecule has 0 spiro atoms. The van der Waals surface area contributed by atoms with Gasteiger partial charge in [-0.1, -0.05) is 0 Å². The third-order valence-electron chi connectivity index (χ3n) is 0.816. The molecular weight excluding hydrogens is 191 g/mol. The van der Waals surface area contributed by atoms with Gasteiger partial charge in [0.2, 0.25) is 0 Å². The molecule has 0 nitrogen and oxygen atoms in total. The van der Waals surface area contributed by atoms with E-state index in [0.29, 0.717) is 0 Å². The Morgan fingerprint density at radius 3 is 1.71 bits per heavy atom. The van der Waals surface area contributed by atoms with Gasteiger partial charge in [0.25, 0.3) is 0 Å². The quantitative estimate of drug-likeness (QED) is 0.608. The Morgan fingerprint density at radius 2 is 1.71 bits per heavy atom. The van der Waals surface area contributed by atoms with Gasteiger partial charge < -0.3 is 0 Å². The molecule has 0 fully saturated rings. The topological polar surface area (TPSA) is 0 Å². The normalized spacial score (nSPS) is 9.86. The zero-order valence-electron chi connectivity index (χ0n) is 5.78. The van der Waals surface area contributed by atoms with Crippen LogP contribution in [0.3, 0.4) is 0 Å². The van der Waals surface area contributed by atoms with E-state index in [1.807, 2.05) is 0 Å². The fraction of sp³-hybridized carbons (Fsp3) is 1.00. The Balaban J connectivity index is 2.95. The van der Waals surface area contributed by atoms with Gasteiger partial charge in [-0.05, 0) is 0 Å². The molecule has 0 saturated heterocycles. The van der Waals surface area contributed by atoms with Crippen LogP contribution in [0.25, 0.3) is 0 Å². The second-order valence-corrected chi connectivity index (χ2v) is 10.9. The fourth-order valence-corrected chi connectivity index (χ4v) is 5.48. The Kier molecular flexibility index (Phi) is 4.19. The van der Waals surface area contributed by atoms with Crippen molar-refractivity contribution in [3.63, 3.8) is 0 Å². The molecule has 0 atom stereocenters. The molecule has 0 aromatic carbocycles. The van der Waals surface area contributed by atoms with E-state index >= 15 is 0 Å². The summed E-state index contributed by atoms with van der Waals surface area (Å²) in [5.74, 6) is 0.962. The second kappa shape index (κ2) is 3.76. The van der Waals surface area contributed by atoms with E-state index < -0.39 is 19.8 Å². The molecule has 0 aliphatic carbocycles. The van der Waals surface area contributed by atoms with Crippen LogP contribution in [-0.4, -0.2) is 19.8 Å². The standard InChI is InChI=1S/C4H9.2CH3.Sn/c1-4(2)3;;;/h4H,1H2,2-3H3;2*1H3;/q;;;+1. The van der Waals surface area contributed by atoms with Crippen molar-refractivity contribution in [2.24, 2.45) is 5.92 Å². The maximum absolute atomic E-state index is 2.46. The summed E-state index contributed by atoms with van der Waals surface area (Å²) < 4.78 is 1.56. The molecule has 0 heterocycles. The predicted molar refractivity (Wildman–Crippen MR) is 37.1 cm³/mol. The van der Waals surface area contributed by atoms with E-state index in [9.17, 15) is 0 Å². The number of hydrogen-bond acceptors (Lipinski definition) is 0. The molecular formula is C6H15Sn+. The first-order chi connectivity index (χ1) is 3.13.